The molecule has 3 heterocycles. The van der Waals surface area contributed by atoms with Crippen LogP contribution in [0.4, 0.5) is 19.4 Å². The minimum atomic E-state index is -2.95. The van der Waals surface area contributed by atoms with E-state index >= 15 is 0 Å². The SMILES string of the molecule is Cn1c(=O)c2ccc(-c3ccc(N4CCN(C(=O)O)CC4)nc3)cc2n1Cc1ccccc1OC(F)F. The first-order chi connectivity index (χ1) is 17.8. The lowest BCUT2D eigenvalue weighted by Gasteiger charge is -2.33. The molecule has 0 radical (unpaired) electrons. The molecule has 9 nitrogen and oxygen atoms in total. The van der Waals surface area contributed by atoms with Crippen LogP contribution >= 0.6 is 0 Å². The van der Waals surface area contributed by atoms with Gasteiger partial charge in [-0.3, -0.25) is 14.2 Å². The molecule has 0 atom stereocenters. The summed E-state index contributed by atoms with van der Waals surface area (Å²) in [6.07, 6.45) is 0.833. The number of hydrogen-bond donors (Lipinski definition) is 1. The predicted octanol–water partition coefficient (Wildman–Crippen LogP) is 3.85. The van der Waals surface area contributed by atoms with Crippen molar-refractivity contribution in [1.29, 1.82) is 0 Å². The number of rotatable bonds is 6. The van der Waals surface area contributed by atoms with Gasteiger partial charge in [0.1, 0.15) is 11.6 Å². The van der Waals surface area contributed by atoms with Crippen molar-refractivity contribution in [3.8, 4) is 16.9 Å². The number of alkyl halides is 2. The Bertz CT molecular complexity index is 1490. The highest BCUT2D eigenvalue weighted by Gasteiger charge is 2.21. The summed E-state index contributed by atoms with van der Waals surface area (Å²) in [7, 11) is 1.64. The van der Waals surface area contributed by atoms with Crippen LogP contribution in [0.1, 0.15) is 5.56 Å². The number of anilines is 1. The number of aromatic nitrogens is 3. The van der Waals surface area contributed by atoms with Gasteiger partial charge in [-0.15, -0.1) is 0 Å². The molecular weight excluding hydrogens is 484 g/mol. The van der Waals surface area contributed by atoms with Crippen LogP contribution in [-0.4, -0.2) is 63.2 Å². The summed E-state index contributed by atoms with van der Waals surface area (Å²) in [6.45, 7) is -0.801. The maximum absolute atomic E-state index is 12.9. The molecule has 1 fully saturated rings. The molecule has 0 aliphatic carbocycles. The molecule has 37 heavy (non-hydrogen) atoms. The Balaban J connectivity index is 1.43. The van der Waals surface area contributed by atoms with E-state index in [-0.39, 0.29) is 17.9 Å². The smallest absolute Gasteiger partial charge is 0.407 e. The first-order valence-corrected chi connectivity index (χ1v) is 11.7. The number of hydrogen-bond acceptors (Lipinski definition) is 5. The molecule has 4 aromatic rings. The molecule has 0 unspecified atom stereocenters. The largest absolute Gasteiger partial charge is 0.465 e. The number of nitrogens with zero attached hydrogens (tertiary/aromatic N) is 5. The Morgan fingerprint density at radius 1 is 1.05 bits per heavy atom. The van der Waals surface area contributed by atoms with Gasteiger partial charge in [0.15, 0.2) is 0 Å². The van der Waals surface area contributed by atoms with Crippen LogP contribution in [0.15, 0.2) is 65.6 Å². The fourth-order valence-corrected chi connectivity index (χ4v) is 4.62. The maximum atomic E-state index is 12.9. The van der Waals surface area contributed by atoms with Crippen LogP contribution in [0.2, 0.25) is 0 Å². The standard InChI is InChI=1S/C26H25F2N5O4/c1-30-24(34)20-8-6-17(14-21(20)33(30)16-19-4-2-3-5-22(19)37-25(27)28)18-7-9-23(29-15-18)31-10-12-32(13-11-31)26(35)36/h2-9,14-15,25H,10-13,16H2,1H3,(H,35,36). The van der Waals surface area contributed by atoms with Gasteiger partial charge in [-0.2, -0.15) is 8.78 Å². The summed E-state index contributed by atoms with van der Waals surface area (Å²) < 4.78 is 33.7. The molecule has 0 bridgehead atoms. The van der Waals surface area contributed by atoms with Crippen LogP contribution in [0.25, 0.3) is 22.0 Å². The Kier molecular flexibility index (Phi) is 6.51. The lowest BCUT2D eigenvalue weighted by atomic mass is 10.1. The molecule has 1 saturated heterocycles. The third-order valence-electron chi connectivity index (χ3n) is 6.63. The highest BCUT2D eigenvalue weighted by atomic mass is 19.3. The lowest BCUT2D eigenvalue weighted by molar-refractivity contribution is -0.0505. The zero-order valence-corrected chi connectivity index (χ0v) is 20.1. The molecule has 0 saturated carbocycles. The van der Waals surface area contributed by atoms with Gasteiger partial charge < -0.3 is 19.6 Å². The van der Waals surface area contributed by atoms with Crippen LogP contribution < -0.4 is 15.2 Å². The second-order valence-corrected chi connectivity index (χ2v) is 8.77. The average molecular weight is 510 g/mol. The zero-order valence-electron chi connectivity index (χ0n) is 20.1. The number of para-hydroxylation sites is 1. The van der Waals surface area contributed by atoms with E-state index < -0.39 is 12.7 Å². The number of piperazine rings is 1. The first kappa shape index (κ1) is 24.3. The molecule has 5 rings (SSSR count). The first-order valence-electron chi connectivity index (χ1n) is 11.7. The lowest BCUT2D eigenvalue weighted by Crippen LogP contribution is -2.48. The molecule has 1 amide bonds. The molecular formula is C26H25F2N5O4. The molecule has 192 valence electrons. The van der Waals surface area contributed by atoms with E-state index in [0.29, 0.717) is 42.6 Å². The number of halogens is 2. The summed E-state index contributed by atoms with van der Waals surface area (Å²) in [5, 5.41) is 9.65. The van der Waals surface area contributed by atoms with Crippen molar-refractivity contribution >= 4 is 22.8 Å². The monoisotopic (exact) mass is 509 g/mol. The zero-order chi connectivity index (χ0) is 26.1. The van der Waals surface area contributed by atoms with Crippen LogP contribution in [0, 0.1) is 0 Å². The number of fused-ring (bicyclic) bond motifs is 1. The van der Waals surface area contributed by atoms with Gasteiger partial charge in [-0.25, -0.2) is 9.78 Å². The summed E-state index contributed by atoms with van der Waals surface area (Å²) in [6, 6.07) is 15.8. The van der Waals surface area contributed by atoms with Crippen molar-refractivity contribution in [3.05, 3.63) is 76.7 Å². The van der Waals surface area contributed by atoms with Gasteiger partial charge in [0.05, 0.1) is 17.4 Å². The molecule has 1 N–H and O–H groups in total. The quantitative estimate of drug-likeness (QED) is 0.425. The van der Waals surface area contributed by atoms with Gasteiger partial charge in [-0.05, 0) is 35.9 Å². The van der Waals surface area contributed by atoms with Crippen molar-refractivity contribution in [2.75, 3.05) is 31.1 Å². The van der Waals surface area contributed by atoms with Crippen molar-refractivity contribution in [2.24, 2.45) is 7.05 Å². The summed E-state index contributed by atoms with van der Waals surface area (Å²) in [4.78, 5) is 32.0. The van der Waals surface area contributed by atoms with Crippen molar-refractivity contribution in [1.82, 2.24) is 19.2 Å². The van der Waals surface area contributed by atoms with Gasteiger partial charge >= 0.3 is 12.7 Å². The Morgan fingerprint density at radius 3 is 2.46 bits per heavy atom. The fourth-order valence-electron chi connectivity index (χ4n) is 4.62. The van der Waals surface area contributed by atoms with Crippen LogP contribution in [0.5, 0.6) is 5.75 Å². The number of amides is 1. The predicted molar refractivity (Wildman–Crippen MR) is 134 cm³/mol. The molecule has 1 aliphatic rings. The van der Waals surface area contributed by atoms with E-state index in [4.69, 9.17) is 5.11 Å². The van der Waals surface area contributed by atoms with Gasteiger partial charge in [0.25, 0.3) is 5.56 Å². The number of carboxylic acid groups (broad SMARTS) is 1. The van der Waals surface area contributed by atoms with E-state index in [1.165, 1.54) is 15.6 Å². The topological polar surface area (TPSA) is 92.8 Å². The van der Waals surface area contributed by atoms with Crippen molar-refractivity contribution in [2.45, 2.75) is 13.2 Å². The van der Waals surface area contributed by atoms with Gasteiger partial charge in [-0.1, -0.05) is 24.3 Å². The third kappa shape index (κ3) is 4.84. The van der Waals surface area contributed by atoms with E-state index in [0.717, 1.165) is 16.9 Å². The molecule has 0 spiro atoms. The Labute approximate surface area is 210 Å². The third-order valence-corrected chi connectivity index (χ3v) is 6.63. The summed E-state index contributed by atoms with van der Waals surface area (Å²) in [5.74, 6) is 0.828. The second-order valence-electron chi connectivity index (χ2n) is 8.77. The average Bonchev–Trinajstić information content (AvgIpc) is 3.14. The summed E-state index contributed by atoms with van der Waals surface area (Å²) >= 11 is 0. The highest BCUT2D eigenvalue weighted by Crippen LogP contribution is 2.27. The number of ether oxygens (including phenoxy) is 1. The van der Waals surface area contributed by atoms with E-state index in [1.807, 2.05) is 29.2 Å². The normalized spacial score (nSPS) is 13.9. The van der Waals surface area contributed by atoms with Gasteiger partial charge in [0, 0.05) is 50.6 Å². The fraction of sp³-hybridized carbons (Fsp3) is 0.269. The number of carbonyl (C=O) groups is 1. The van der Waals surface area contributed by atoms with E-state index in [9.17, 15) is 18.4 Å². The van der Waals surface area contributed by atoms with Gasteiger partial charge in [0.2, 0.25) is 0 Å². The molecule has 2 aromatic heterocycles. The number of pyridine rings is 1. The highest BCUT2D eigenvalue weighted by molar-refractivity contribution is 5.84. The summed E-state index contributed by atoms with van der Waals surface area (Å²) in [5.41, 5.74) is 2.68. The van der Waals surface area contributed by atoms with Crippen LogP contribution in [-0.2, 0) is 13.6 Å². The molecule has 2 aromatic carbocycles. The van der Waals surface area contributed by atoms with E-state index in [2.05, 4.69) is 9.72 Å². The maximum Gasteiger partial charge on any atom is 0.407 e. The number of benzene rings is 2. The second kappa shape index (κ2) is 9.92. The van der Waals surface area contributed by atoms with Crippen molar-refractivity contribution in [3.63, 3.8) is 0 Å². The molecule has 1 aliphatic heterocycles. The molecule has 11 heteroatoms. The Morgan fingerprint density at radius 2 is 1.78 bits per heavy atom. The minimum absolute atomic E-state index is 0.0620. The van der Waals surface area contributed by atoms with Crippen LogP contribution in [0.3, 0.4) is 0 Å². The Hall–Kier alpha value is -4.41. The van der Waals surface area contributed by atoms with E-state index in [1.54, 1.807) is 42.2 Å². The van der Waals surface area contributed by atoms with Crippen molar-refractivity contribution < 1.29 is 23.4 Å². The minimum Gasteiger partial charge on any atom is -0.465 e.